The highest BCUT2D eigenvalue weighted by atomic mass is 79.9. The maximum atomic E-state index is 5.99. The van der Waals surface area contributed by atoms with Gasteiger partial charge in [-0.1, -0.05) is 19.8 Å². The summed E-state index contributed by atoms with van der Waals surface area (Å²) in [7, 11) is 0. The van der Waals surface area contributed by atoms with Gasteiger partial charge in [0, 0.05) is 23.1 Å². The van der Waals surface area contributed by atoms with Gasteiger partial charge in [-0.3, -0.25) is 0 Å². The molecule has 2 aromatic rings. The molecule has 0 saturated heterocycles. The summed E-state index contributed by atoms with van der Waals surface area (Å²) < 4.78 is 2.97. The van der Waals surface area contributed by atoms with Crippen LogP contribution in [0.4, 0.5) is 5.82 Å². The third-order valence-electron chi connectivity index (χ3n) is 6.64. The lowest BCUT2D eigenvalue weighted by molar-refractivity contribution is 0.316. The molecular formula is C18H24BrN5. The van der Waals surface area contributed by atoms with Gasteiger partial charge in [-0.15, -0.1) is 0 Å². The van der Waals surface area contributed by atoms with Crippen molar-refractivity contribution in [3.8, 4) is 0 Å². The van der Waals surface area contributed by atoms with E-state index in [4.69, 9.17) is 10.7 Å². The van der Waals surface area contributed by atoms with Crippen molar-refractivity contribution < 1.29 is 0 Å². The first-order chi connectivity index (χ1) is 11.6. The molecule has 24 heavy (non-hydrogen) atoms. The summed E-state index contributed by atoms with van der Waals surface area (Å²) in [6.45, 7) is 2.41. The molecule has 3 aliphatic rings. The van der Waals surface area contributed by atoms with Gasteiger partial charge in [-0.25, -0.2) is 4.98 Å². The lowest BCUT2D eigenvalue weighted by Crippen LogP contribution is -2.45. The first-order valence-electron chi connectivity index (χ1n) is 9.17. The van der Waals surface area contributed by atoms with Gasteiger partial charge in [0.2, 0.25) is 0 Å². The number of hydrogen-bond acceptors (Lipinski definition) is 4. The van der Waals surface area contributed by atoms with E-state index in [1.807, 2.05) is 10.7 Å². The van der Waals surface area contributed by atoms with E-state index < -0.39 is 0 Å². The molecule has 5 nitrogen and oxygen atoms in total. The molecule has 3 N–H and O–H groups in total. The summed E-state index contributed by atoms with van der Waals surface area (Å²) >= 11 is 3.63. The molecular weight excluding hydrogens is 366 g/mol. The fourth-order valence-corrected chi connectivity index (χ4v) is 5.54. The monoisotopic (exact) mass is 389 g/mol. The van der Waals surface area contributed by atoms with E-state index in [-0.39, 0.29) is 5.41 Å². The Hall–Kier alpha value is -1.14. The fourth-order valence-electron chi connectivity index (χ4n) is 5.20. The molecule has 1 unspecified atom stereocenters. The Balaban J connectivity index is 1.68. The molecule has 6 heteroatoms. The number of hydrogen-bond donors (Lipinski definition) is 2. The third kappa shape index (κ3) is 1.96. The second-order valence-corrected chi connectivity index (χ2v) is 8.91. The van der Waals surface area contributed by atoms with E-state index in [2.05, 4.69) is 33.3 Å². The molecule has 1 spiro atoms. The SMILES string of the molecule is CC1Cc2c(nc3c(Br)cnn3c2N[C@H]2C[C@H](N)C2)C12CCCC2. The van der Waals surface area contributed by atoms with Crippen molar-refractivity contribution in [2.24, 2.45) is 11.7 Å². The van der Waals surface area contributed by atoms with Gasteiger partial charge >= 0.3 is 0 Å². The van der Waals surface area contributed by atoms with E-state index in [0.29, 0.717) is 18.0 Å². The molecule has 128 valence electrons. The number of halogens is 1. The first-order valence-corrected chi connectivity index (χ1v) is 9.96. The largest absolute Gasteiger partial charge is 0.367 e. The number of nitrogens with two attached hydrogens (primary N) is 1. The van der Waals surface area contributed by atoms with E-state index in [9.17, 15) is 0 Å². The van der Waals surface area contributed by atoms with Gasteiger partial charge in [0.05, 0.1) is 16.4 Å². The van der Waals surface area contributed by atoms with Crippen LogP contribution in [0.3, 0.4) is 0 Å². The van der Waals surface area contributed by atoms with Gasteiger partial charge in [0.25, 0.3) is 0 Å². The summed E-state index contributed by atoms with van der Waals surface area (Å²) in [5.74, 6) is 1.82. The zero-order chi connectivity index (χ0) is 16.5. The minimum absolute atomic E-state index is 0.285. The second-order valence-electron chi connectivity index (χ2n) is 8.06. The maximum absolute atomic E-state index is 5.99. The minimum atomic E-state index is 0.285. The Kier molecular flexibility index (Phi) is 3.27. The van der Waals surface area contributed by atoms with Gasteiger partial charge in [-0.05, 0) is 54.0 Å². The van der Waals surface area contributed by atoms with Crippen LogP contribution >= 0.6 is 15.9 Å². The first kappa shape index (κ1) is 15.1. The minimum Gasteiger partial charge on any atom is -0.367 e. The average molecular weight is 390 g/mol. The number of nitrogens with zero attached hydrogens (tertiary/aromatic N) is 3. The molecule has 0 bridgehead atoms. The highest BCUT2D eigenvalue weighted by Crippen LogP contribution is 2.54. The molecule has 2 aromatic heterocycles. The van der Waals surface area contributed by atoms with Gasteiger partial charge in [-0.2, -0.15) is 9.61 Å². The summed E-state index contributed by atoms with van der Waals surface area (Å²) in [5.41, 5.74) is 9.95. The van der Waals surface area contributed by atoms with E-state index in [0.717, 1.165) is 35.2 Å². The van der Waals surface area contributed by atoms with Crippen LogP contribution in [-0.2, 0) is 11.8 Å². The van der Waals surface area contributed by atoms with Crippen LogP contribution in [0.2, 0.25) is 0 Å². The van der Waals surface area contributed by atoms with Crippen molar-refractivity contribution in [2.45, 2.75) is 69.4 Å². The number of aromatic nitrogens is 3. The zero-order valence-electron chi connectivity index (χ0n) is 14.1. The Bertz CT molecular complexity index is 801. The van der Waals surface area contributed by atoms with E-state index in [1.54, 1.807) is 0 Å². The molecule has 0 radical (unpaired) electrons. The number of fused-ring (bicyclic) bond motifs is 3. The molecule has 2 saturated carbocycles. The Morgan fingerprint density at radius 3 is 2.79 bits per heavy atom. The molecule has 3 aliphatic carbocycles. The van der Waals surface area contributed by atoms with Crippen molar-refractivity contribution in [2.75, 3.05) is 5.32 Å². The lowest BCUT2D eigenvalue weighted by atomic mass is 9.76. The third-order valence-corrected chi connectivity index (χ3v) is 7.20. The molecule has 1 atom stereocenters. The number of nitrogens with one attached hydrogen (secondary N) is 1. The van der Waals surface area contributed by atoms with Crippen LogP contribution in [0.5, 0.6) is 0 Å². The smallest absolute Gasteiger partial charge is 0.171 e. The predicted octanol–water partition coefficient (Wildman–Crippen LogP) is 3.40. The molecule has 0 aromatic carbocycles. The van der Waals surface area contributed by atoms with Crippen LogP contribution in [0, 0.1) is 5.92 Å². The average Bonchev–Trinajstić information content (AvgIpc) is 3.21. The highest BCUT2D eigenvalue weighted by Gasteiger charge is 2.49. The molecule has 0 amide bonds. The van der Waals surface area contributed by atoms with E-state index >= 15 is 0 Å². The van der Waals surface area contributed by atoms with Crippen LogP contribution in [0.15, 0.2) is 10.7 Å². The number of rotatable bonds is 2. The summed E-state index contributed by atoms with van der Waals surface area (Å²) in [6, 6.07) is 0.811. The van der Waals surface area contributed by atoms with Crippen molar-refractivity contribution in [3.63, 3.8) is 0 Å². The van der Waals surface area contributed by atoms with Crippen molar-refractivity contribution in [1.29, 1.82) is 0 Å². The standard InChI is InChI=1S/C18H24BrN5/c1-10-6-13-15(18(10)4-2-3-5-18)23-17-14(19)9-21-24(17)16(13)22-12-7-11(20)8-12/h9-12,22H,2-8,20H2,1H3/t10?,11-,12-. The zero-order valence-corrected chi connectivity index (χ0v) is 15.6. The lowest BCUT2D eigenvalue weighted by Gasteiger charge is -2.34. The molecule has 2 fully saturated rings. The Morgan fingerprint density at radius 1 is 1.33 bits per heavy atom. The summed E-state index contributed by atoms with van der Waals surface area (Å²) in [6.07, 6.45) is 10.3. The topological polar surface area (TPSA) is 68.2 Å². The summed E-state index contributed by atoms with van der Waals surface area (Å²) in [5, 5.41) is 8.33. The van der Waals surface area contributed by atoms with Crippen molar-refractivity contribution in [1.82, 2.24) is 14.6 Å². The van der Waals surface area contributed by atoms with Crippen LogP contribution in [-0.4, -0.2) is 26.7 Å². The van der Waals surface area contributed by atoms with Crippen LogP contribution in [0.25, 0.3) is 5.65 Å². The van der Waals surface area contributed by atoms with Crippen LogP contribution in [0.1, 0.15) is 56.7 Å². The maximum Gasteiger partial charge on any atom is 0.171 e. The summed E-state index contributed by atoms with van der Waals surface area (Å²) in [4.78, 5) is 5.12. The van der Waals surface area contributed by atoms with Crippen molar-refractivity contribution >= 4 is 27.4 Å². The second kappa shape index (κ2) is 5.18. The normalized spacial score (nSPS) is 30.7. The van der Waals surface area contributed by atoms with Gasteiger partial charge < -0.3 is 11.1 Å². The fraction of sp³-hybridized carbons (Fsp3) is 0.667. The number of anilines is 1. The van der Waals surface area contributed by atoms with Gasteiger partial charge in [0.1, 0.15) is 5.82 Å². The quantitative estimate of drug-likeness (QED) is 0.825. The van der Waals surface area contributed by atoms with Gasteiger partial charge in [0.15, 0.2) is 5.65 Å². The molecule has 2 heterocycles. The molecule has 0 aliphatic heterocycles. The predicted molar refractivity (Wildman–Crippen MR) is 98.3 cm³/mol. The Morgan fingerprint density at radius 2 is 2.08 bits per heavy atom. The Labute approximate surface area is 150 Å². The highest BCUT2D eigenvalue weighted by molar-refractivity contribution is 9.10. The van der Waals surface area contributed by atoms with E-state index in [1.165, 1.54) is 36.9 Å². The van der Waals surface area contributed by atoms with Crippen molar-refractivity contribution in [3.05, 3.63) is 21.9 Å². The molecule has 5 rings (SSSR count). The van der Waals surface area contributed by atoms with Crippen LogP contribution < -0.4 is 11.1 Å².